The molecule has 0 N–H and O–H groups in total. The van der Waals surface area contributed by atoms with E-state index in [-0.39, 0.29) is 29.3 Å². The van der Waals surface area contributed by atoms with Crippen LogP contribution in [0, 0.1) is 35.5 Å². The van der Waals surface area contributed by atoms with Crippen LogP contribution in [0.3, 0.4) is 0 Å². The molecule has 4 heteroatoms. The van der Waals surface area contributed by atoms with E-state index in [0.717, 1.165) is 69.8 Å². The second kappa shape index (κ2) is 17.9. The monoisotopic (exact) mass is 554 g/mol. The zero-order valence-electron chi connectivity index (χ0n) is 26.6. The van der Waals surface area contributed by atoms with Gasteiger partial charge in [-0.15, -0.1) is 0 Å². The molecule has 0 radical (unpaired) electrons. The Morgan fingerprint density at radius 3 is 2.20 bits per heavy atom. The lowest BCUT2D eigenvalue weighted by Crippen LogP contribution is -2.34. The number of hydrogen-bond acceptors (Lipinski definition) is 4. The molecule has 3 unspecified atom stereocenters. The zero-order valence-corrected chi connectivity index (χ0v) is 26.6. The van der Waals surface area contributed by atoms with Crippen molar-refractivity contribution in [1.82, 2.24) is 0 Å². The summed E-state index contributed by atoms with van der Waals surface area (Å²) in [5.41, 5.74) is 2.30. The summed E-state index contributed by atoms with van der Waals surface area (Å²) in [5, 5.41) is 0. The van der Waals surface area contributed by atoms with Gasteiger partial charge in [0.2, 0.25) is 0 Å². The van der Waals surface area contributed by atoms with E-state index >= 15 is 0 Å². The number of hydrogen-bond donors (Lipinski definition) is 0. The molecule has 226 valence electrons. The molecule has 0 aromatic carbocycles. The summed E-state index contributed by atoms with van der Waals surface area (Å²) in [7, 11) is 0. The largest absolute Gasteiger partial charge is 0.377 e. The summed E-state index contributed by atoms with van der Waals surface area (Å²) in [5.74, 6) is 2.37. The van der Waals surface area contributed by atoms with Gasteiger partial charge in [-0.2, -0.15) is 0 Å². The molecule has 0 aromatic heterocycles. The maximum absolute atomic E-state index is 14.4. The van der Waals surface area contributed by atoms with E-state index in [4.69, 9.17) is 4.74 Å². The first-order valence-corrected chi connectivity index (χ1v) is 16.3. The quantitative estimate of drug-likeness (QED) is 0.0963. The molecular formula is C36H58O4. The van der Waals surface area contributed by atoms with Crippen LogP contribution in [0.2, 0.25) is 0 Å². The molecule has 0 bridgehead atoms. The minimum atomic E-state index is 0.0411. The number of ether oxygens (including phenoxy) is 1. The molecule has 2 rings (SSSR count). The van der Waals surface area contributed by atoms with Gasteiger partial charge in [0.25, 0.3) is 0 Å². The molecule has 2 aliphatic carbocycles. The fourth-order valence-corrected chi connectivity index (χ4v) is 7.51. The van der Waals surface area contributed by atoms with Crippen LogP contribution in [0.5, 0.6) is 0 Å². The molecule has 0 saturated heterocycles. The number of rotatable bonds is 18. The highest BCUT2D eigenvalue weighted by molar-refractivity contribution is 5.97. The Labute approximate surface area is 245 Å². The lowest BCUT2D eigenvalue weighted by atomic mass is 9.71. The van der Waals surface area contributed by atoms with E-state index in [1.165, 1.54) is 19.3 Å². The Balaban J connectivity index is 2.13. The Morgan fingerprint density at radius 2 is 1.65 bits per heavy atom. The highest BCUT2D eigenvalue weighted by Crippen LogP contribution is 2.45. The van der Waals surface area contributed by atoms with Crippen LogP contribution in [0.4, 0.5) is 0 Å². The maximum atomic E-state index is 14.4. The second-order valence-electron chi connectivity index (χ2n) is 12.6. The summed E-state index contributed by atoms with van der Waals surface area (Å²) >= 11 is 0. The highest BCUT2D eigenvalue weighted by atomic mass is 16.5. The van der Waals surface area contributed by atoms with Crippen LogP contribution in [0.15, 0.2) is 35.5 Å². The number of allylic oxidation sites excluding steroid dienone is 3. The molecule has 4 nitrogen and oxygen atoms in total. The van der Waals surface area contributed by atoms with E-state index in [0.29, 0.717) is 47.9 Å². The number of carbonyl (C=O) groups excluding carboxylic acids is 3. The van der Waals surface area contributed by atoms with Gasteiger partial charge in [0, 0.05) is 29.9 Å². The van der Waals surface area contributed by atoms with Crippen LogP contribution in [0.25, 0.3) is 0 Å². The first kappa shape index (κ1) is 34.4. The molecule has 5 atom stereocenters. The molecule has 2 saturated carbocycles. The fraction of sp³-hybridized carbons (Fsp3) is 0.750. The first-order chi connectivity index (χ1) is 19.2. The van der Waals surface area contributed by atoms with Crippen molar-refractivity contribution < 1.29 is 19.1 Å². The fourth-order valence-electron chi connectivity index (χ4n) is 7.51. The molecule has 0 amide bonds. The van der Waals surface area contributed by atoms with Crippen LogP contribution < -0.4 is 0 Å². The van der Waals surface area contributed by atoms with Crippen LogP contribution in [-0.4, -0.2) is 30.6 Å². The summed E-state index contributed by atoms with van der Waals surface area (Å²) < 4.78 is 6.12. The summed E-state index contributed by atoms with van der Waals surface area (Å²) in [4.78, 5) is 39.2. The third-order valence-electron chi connectivity index (χ3n) is 9.83. The van der Waals surface area contributed by atoms with Gasteiger partial charge in [0.15, 0.2) is 11.6 Å². The van der Waals surface area contributed by atoms with Crippen LogP contribution >= 0.6 is 0 Å². The number of carbonyl (C=O) groups is 3. The SMILES string of the molecule is C=C(C)C(=O)C(CCC)CCC1C[C@@H](CC)CC1C(=O)[C@@H](CCOCC(=C/C)/C(=C\C)C(C)=O)C1CCCCC1. The molecule has 40 heavy (non-hydrogen) atoms. The van der Waals surface area contributed by atoms with Crippen molar-refractivity contribution in [2.24, 2.45) is 35.5 Å². The van der Waals surface area contributed by atoms with Gasteiger partial charge in [-0.3, -0.25) is 14.4 Å². The van der Waals surface area contributed by atoms with E-state index in [9.17, 15) is 14.4 Å². The third-order valence-corrected chi connectivity index (χ3v) is 9.83. The predicted molar refractivity (Wildman–Crippen MR) is 166 cm³/mol. The van der Waals surface area contributed by atoms with Gasteiger partial charge in [-0.25, -0.2) is 0 Å². The topological polar surface area (TPSA) is 60.4 Å². The zero-order chi connectivity index (χ0) is 29.7. The summed E-state index contributed by atoms with van der Waals surface area (Å²) in [6.07, 6.45) is 17.5. The van der Waals surface area contributed by atoms with Crippen molar-refractivity contribution in [3.05, 3.63) is 35.5 Å². The Bertz CT molecular complexity index is 904. The maximum Gasteiger partial charge on any atom is 0.161 e. The molecule has 0 aromatic rings. The van der Waals surface area contributed by atoms with Crippen molar-refractivity contribution in [3.63, 3.8) is 0 Å². The molecular weight excluding hydrogens is 496 g/mol. The van der Waals surface area contributed by atoms with Crippen molar-refractivity contribution >= 4 is 17.3 Å². The van der Waals surface area contributed by atoms with E-state index in [2.05, 4.69) is 20.4 Å². The van der Waals surface area contributed by atoms with Crippen molar-refractivity contribution in [3.8, 4) is 0 Å². The van der Waals surface area contributed by atoms with Gasteiger partial charge in [-0.1, -0.05) is 64.7 Å². The van der Waals surface area contributed by atoms with Gasteiger partial charge in [0.05, 0.1) is 6.61 Å². The molecule has 0 heterocycles. The first-order valence-electron chi connectivity index (χ1n) is 16.3. The normalized spacial score (nSPS) is 24.1. The molecule has 0 spiro atoms. The average molecular weight is 555 g/mol. The van der Waals surface area contributed by atoms with Gasteiger partial charge in [0.1, 0.15) is 5.78 Å². The van der Waals surface area contributed by atoms with E-state index in [1.807, 2.05) is 32.9 Å². The summed E-state index contributed by atoms with van der Waals surface area (Å²) in [6.45, 7) is 16.5. The summed E-state index contributed by atoms with van der Waals surface area (Å²) in [6, 6.07) is 0. The van der Waals surface area contributed by atoms with Gasteiger partial charge >= 0.3 is 0 Å². The lowest BCUT2D eigenvalue weighted by molar-refractivity contribution is -0.131. The highest BCUT2D eigenvalue weighted by Gasteiger charge is 2.42. The van der Waals surface area contributed by atoms with Gasteiger partial charge in [-0.05, 0) is 108 Å². The molecule has 2 fully saturated rings. The Kier molecular flexibility index (Phi) is 15.4. The minimum absolute atomic E-state index is 0.0411. The van der Waals surface area contributed by atoms with Crippen LogP contribution in [0.1, 0.15) is 125 Å². The van der Waals surface area contributed by atoms with Crippen molar-refractivity contribution in [1.29, 1.82) is 0 Å². The van der Waals surface area contributed by atoms with Crippen molar-refractivity contribution in [2.45, 2.75) is 125 Å². The van der Waals surface area contributed by atoms with Gasteiger partial charge < -0.3 is 4.74 Å². The third kappa shape index (κ3) is 9.93. The minimum Gasteiger partial charge on any atom is -0.377 e. The van der Waals surface area contributed by atoms with E-state index in [1.54, 1.807) is 6.92 Å². The molecule has 2 aliphatic rings. The second-order valence-corrected chi connectivity index (χ2v) is 12.6. The smallest absolute Gasteiger partial charge is 0.161 e. The van der Waals surface area contributed by atoms with E-state index < -0.39 is 0 Å². The number of Topliss-reactive ketones (excluding diaryl/α,β-unsaturated/α-hetero) is 3. The Morgan fingerprint density at radius 1 is 0.950 bits per heavy atom. The predicted octanol–water partition coefficient (Wildman–Crippen LogP) is 9.03. The Hall–Kier alpha value is -1.81. The molecule has 0 aliphatic heterocycles. The lowest BCUT2D eigenvalue weighted by Gasteiger charge is -2.33. The van der Waals surface area contributed by atoms with Crippen LogP contribution in [-0.2, 0) is 19.1 Å². The van der Waals surface area contributed by atoms with Crippen molar-refractivity contribution in [2.75, 3.05) is 13.2 Å². The number of ketones is 3. The standard InChI is InChI=1S/C36H58O4/c1-8-15-30(35(38)25(5)6)18-19-31-22-27(9-2)23-34(31)36(39)33(29-16-13-12-14-17-29)20-21-40-24-28(10-3)32(11-4)26(7)37/h10-11,27,29-31,33-34H,5,8-9,12-24H2,1-4,6-7H3/b28-10-,32-11-/t27-,30?,31?,33+,34?/m1/s1. The average Bonchev–Trinajstić information content (AvgIpc) is 3.37.